The predicted molar refractivity (Wildman–Crippen MR) is 63.1 cm³/mol. The Labute approximate surface area is 100 Å². The number of methoxy groups -OCH3 is 1. The van der Waals surface area contributed by atoms with Gasteiger partial charge in [-0.3, -0.25) is 4.79 Å². The lowest BCUT2D eigenvalue weighted by Crippen LogP contribution is -2.39. The van der Waals surface area contributed by atoms with Crippen LogP contribution in [0, 0.1) is 5.82 Å². The minimum atomic E-state index is -0.553. The van der Waals surface area contributed by atoms with Crippen molar-refractivity contribution in [3.63, 3.8) is 0 Å². The fourth-order valence-corrected chi connectivity index (χ4v) is 1.51. The Bertz CT molecular complexity index is 407. The van der Waals surface area contributed by atoms with Crippen molar-refractivity contribution in [3.8, 4) is 5.75 Å². The molecule has 2 N–H and O–H groups in total. The highest BCUT2D eigenvalue weighted by Gasteiger charge is 2.14. The van der Waals surface area contributed by atoms with E-state index in [1.54, 1.807) is 20.0 Å². The van der Waals surface area contributed by atoms with Crippen molar-refractivity contribution in [2.24, 2.45) is 5.73 Å². The van der Waals surface area contributed by atoms with E-state index in [-0.39, 0.29) is 11.7 Å². The molecular formula is C12H17FN2O2. The lowest BCUT2D eigenvalue weighted by molar-refractivity contribution is -0.131. The van der Waals surface area contributed by atoms with Crippen LogP contribution in [0.25, 0.3) is 0 Å². The molecule has 0 heterocycles. The summed E-state index contributed by atoms with van der Waals surface area (Å²) in [5.74, 6) is -0.428. The molecule has 1 atom stereocenters. The molecule has 94 valence electrons. The summed E-state index contributed by atoms with van der Waals surface area (Å²) in [6.45, 7) is 1.94. The second-order valence-corrected chi connectivity index (χ2v) is 3.95. The van der Waals surface area contributed by atoms with E-state index in [0.717, 1.165) is 0 Å². The molecule has 0 aliphatic rings. The van der Waals surface area contributed by atoms with E-state index >= 15 is 0 Å². The monoisotopic (exact) mass is 240 g/mol. The normalized spacial score (nSPS) is 12.1. The fourth-order valence-electron chi connectivity index (χ4n) is 1.51. The first-order valence-electron chi connectivity index (χ1n) is 5.28. The number of rotatable bonds is 4. The van der Waals surface area contributed by atoms with Crippen LogP contribution in [0.15, 0.2) is 18.2 Å². The Hall–Kier alpha value is -1.62. The van der Waals surface area contributed by atoms with Gasteiger partial charge in [-0.05, 0) is 24.6 Å². The second kappa shape index (κ2) is 5.63. The number of nitrogens with two attached hydrogens (primary N) is 1. The van der Waals surface area contributed by atoms with E-state index in [4.69, 9.17) is 10.5 Å². The van der Waals surface area contributed by atoms with Gasteiger partial charge in [-0.25, -0.2) is 4.39 Å². The molecule has 0 bridgehead atoms. The summed E-state index contributed by atoms with van der Waals surface area (Å²) in [5.41, 5.74) is 6.18. The van der Waals surface area contributed by atoms with Gasteiger partial charge in [0, 0.05) is 13.6 Å². The molecule has 5 heteroatoms. The number of likely N-dealkylation sites (N-methyl/N-ethyl adjacent to an activating group) is 1. The maximum absolute atomic E-state index is 13.4. The maximum Gasteiger partial charge on any atom is 0.239 e. The van der Waals surface area contributed by atoms with Gasteiger partial charge in [0.15, 0.2) is 11.6 Å². The smallest absolute Gasteiger partial charge is 0.239 e. The van der Waals surface area contributed by atoms with Crippen molar-refractivity contribution in [1.29, 1.82) is 0 Å². The number of hydrogen-bond donors (Lipinski definition) is 1. The van der Waals surface area contributed by atoms with E-state index in [9.17, 15) is 9.18 Å². The number of carbonyl (C=O) groups excluding carboxylic acids is 1. The summed E-state index contributed by atoms with van der Waals surface area (Å²) >= 11 is 0. The molecule has 0 saturated heterocycles. The number of benzene rings is 1. The minimum absolute atomic E-state index is 0.179. The lowest BCUT2D eigenvalue weighted by atomic mass is 10.2. The first-order chi connectivity index (χ1) is 7.95. The third-order valence-electron chi connectivity index (χ3n) is 2.40. The molecule has 0 fully saturated rings. The van der Waals surface area contributed by atoms with Crippen molar-refractivity contribution in [3.05, 3.63) is 29.6 Å². The second-order valence-electron chi connectivity index (χ2n) is 3.95. The van der Waals surface area contributed by atoms with Gasteiger partial charge in [0.05, 0.1) is 13.2 Å². The molecule has 4 nitrogen and oxygen atoms in total. The molecule has 1 unspecified atom stereocenters. The zero-order valence-electron chi connectivity index (χ0n) is 10.2. The summed E-state index contributed by atoms with van der Waals surface area (Å²) < 4.78 is 18.2. The highest BCUT2D eigenvalue weighted by atomic mass is 19.1. The van der Waals surface area contributed by atoms with E-state index in [2.05, 4.69) is 0 Å². The van der Waals surface area contributed by atoms with Crippen LogP contribution in [0.2, 0.25) is 0 Å². The Morgan fingerprint density at radius 2 is 2.24 bits per heavy atom. The number of amides is 1. The molecule has 0 spiro atoms. The molecule has 17 heavy (non-hydrogen) atoms. The minimum Gasteiger partial charge on any atom is -0.494 e. The van der Waals surface area contributed by atoms with Gasteiger partial charge in [-0.1, -0.05) is 6.07 Å². The third kappa shape index (κ3) is 3.42. The van der Waals surface area contributed by atoms with Gasteiger partial charge in [0.2, 0.25) is 5.91 Å². The Morgan fingerprint density at radius 1 is 1.59 bits per heavy atom. The fraction of sp³-hybridized carbons (Fsp3) is 0.417. The SMILES string of the molecule is COc1ccc(CN(C)C(=O)C(C)N)cc1F. The third-order valence-corrected chi connectivity index (χ3v) is 2.40. The molecule has 1 rings (SSSR count). The number of hydrogen-bond acceptors (Lipinski definition) is 3. The van der Waals surface area contributed by atoms with Crippen molar-refractivity contribution < 1.29 is 13.9 Å². The van der Waals surface area contributed by atoms with Crippen molar-refractivity contribution in [1.82, 2.24) is 4.90 Å². The maximum atomic E-state index is 13.4. The van der Waals surface area contributed by atoms with Crippen LogP contribution in [0.5, 0.6) is 5.75 Å². The quantitative estimate of drug-likeness (QED) is 0.858. The van der Waals surface area contributed by atoms with Crippen molar-refractivity contribution in [2.75, 3.05) is 14.2 Å². The molecule has 0 radical (unpaired) electrons. The molecule has 0 saturated carbocycles. The number of carbonyl (C=O) groups is 1. The van der Waals surface area contributed by atoms with E-state index in [1.807, 2.05) is 0 Å². The summed E-state index contributed by atoms with van der Waals surface area (Å²) in [6.07, 6.45) is 0. The molecule has 1 amide bonds. The number of nitrogens with zero attached hydrogens (tertiary/aromatic N) is 1. The van der Waals surface area contributed by atoms with Crippen LogP contribution in [0.4, 0.5) is 4.39 Å². The number of halogens is 1. The average molecular weight is 240 g/mol. The first-order valence-corrected chi connectivity index (χ1v) is 5.28. The van der Waals surface area contributed by atoms with E-state index in [0.29, 0.717) is 12.1 Å². The van der Waals surface area contributed by atoms with Crippen LogP contribution in [0.1, 0.15) is 12.5 Å². The van der Waals surface area contributed by atoms with Crippen molar-refractivity contribution >= 4 is 5.91 Å². The Kier molecular flexibility index (Phi) is 4.45. The summed E-state index contributed by atoms with van der Waals surface area (Å²) in [5, 5.41) is 0. The van der Waals surface area contributed by atoms with Crippen LogP contribution >= 0.6 is 0 Å². The zero-order valence-corrected chi connectivity index (χ0v) is 10.2. The average Bonchev–Trinajstić information content (AvgIpc) is 2.28. The number of ether oxygens (including phenoxy) is 1. The molecule has 0 aliphatic heterocycles. The Balaban J connectivity index is 2.75. The summed E-state index contributed by atoms with van der Waals surface area (Å²) in [6, 6.07) is 4.05. The largest absolute Gasteiger partial charge is 0.494 e. The van der Waals surface area contributed by atoms with Gasteiger partial charge in [-0.15, -0.1) is 0 Å². The van der Waals surface area contributed by atoms with Gasteiger partial charge in [0.1, 0.15) is 0 Å². The highest BCUT2D eigenvalue weighted by molar-refractivity contribution is 5.80. The van der Waals surface area contributed by atoms with Gasteiger partial charge < -0.3 is 15.4 Å². The van der Waals surface area contributed by atoms with E-state index < -0.39 is 11.9 Å². The molecular weight excluding hydrogens is 223 g/mol. The molecule has 0 aliphatic carbocycles. The molecule has 1 aromatic carbocycles. The van der Waals surface area contributed by atoms with Crippen LogP contribution in [-0.2, 0) is 11.3 Å². The molecule has 0 aromatic heterocycles. The lowest BCUT2D eigenvalue weighted by Gasteiger charge is -2.19. The highest BCUT2D eigenvalue weighted by Crippen LogP contribution is 2.18. The van der Waals surface area contributed by atoms with Gasteiger partial charge in [0.25, 0.3) is 0 Å². The van der Waals surface area contributed by atoms with E-state index in [1.165, 1.54) is 24.1 Å². The first kappa shape index (κ1) is 13.4. The van der Waals surface area contributed by atoms with Crippen LogP contribution < -0.4 is 10.5 Å². The zero-order chi connectivity index (χ0) is 13.0. The topological polar surface area (TPSA) is 55.6 Å². The summed E-state index contributed by atoms with van der Waals surface area (Å²) in [7, 11) is 3.04. The van der Waals surface area contributed by atoms with Gasteiger partial charge in [-0.2, -0.15) is 0 Å². The van der Waals surface area contributed by atoms with Crippen LogP contribution in [0.3, 0.4) is 0 Å². The molecule has 1 aromatic rings. The van der Waals surface area contributed by atoms with Gasteiger partial charge >= 0.3 is 0 Å². The van der Waals surface area contributed by atoms with Crippen LogP contribution in [-0.4, -0.2) is 31.0 Å². The standard InChI is InChI=1S/C12H17FN2O2/c1-8(14)12(16)15(2)7-9-4-5-11(17-3)10(13)6-9/h4-6,8H,7,14H2,1-3H3. The summed E-state index contributed by atoms with van der Waals surface area (Å²) in [4.78, 5) is 13.0. The Morgan fingerprint density at radius 3 is 2.71 bits per heavy atom. The van der Waals surface area contributed by atoms with Crippen molar-refractivity contribution in [2.45, 2.75) is 19.5 Å². The predicted octanol–water partition coefficient (Wildman–Crippen LogP) is 1.14.